The zero-order chi connectivity index (χ0) is 10.6. The van der Waals surface area contributed by atoms with E-state index in [1.54, 1.807) is 0 Å². The van der Waals surface area contributed by atoms with Crippen molar-refractivity contribution in [2.45, 2.75) is 13.3 Å². The van der Waals surface area contributed by atoms with Gasteiger partial charge in [0.15, 0.2) is 0 Å². The van der Waals surface area contributed by atoms with Gasteiger partial charge in [-0.15, -0.1) is 0 Å². The Kier molecular flexibility index (Phi) is 3.66. The molecule has 0 spiro atoms. The largest absolute Gasteiger partial charge is 0.218 e. The molecule has 0 aliphatic rings. The van der Waals surface area contributed by atoms with Crippen LogP contribution in [0, 0.1) is 6.92 Å². The maximum absolute atomic E-state index is 11.2. The first kappa shape index (κ1) is 11.2. The minimum Gasteiger partial charge on any atom is -0.218 e. The fraction of sp³-hybridized carbons (Fsp3) is 0.400. The van der Waals surface area contributed by atoms with E-state index in [2.05, 4.69) is 4.72 Å². The van der Waals surface area contributed by atoms with Gasteiger partial charge in [0, 0.05) is 0 Å². The SMILES string of the molecule is CNS(=O)(=O)CCc1ccccc1C. The van der Waals surface area contributed by atoms with Crippen molar-refractivity contribution in [2.75, 3.05) is 12.8 Å². The highest BCUT2D eigenvalue weighted by atomic mass is 32.2. The number of benzene rings is 1. The molecule has 0 heterocycles. The number of hydrogen-bond acceptors (Lipinski definition) is 2. The molecule has 1 N–H and O–H groups in total. The molecule has 0 fully saturated rings. The Bertz CT molecular complexity index is 398. The lowest BCUT2D eigenvalue weighted by atomic mass is 10.1. The second-order valence-electron chi connectivity index (χ2n) is 3.20. The highest BCUT2D eigenvalue weighted by Gasteiger charge is 2.07. The van der Waals surface area contributed by atoms with Crippen LogP contribution in [0.15, 0.2) is 24.3 Å². The van der Waals surface area contributed by atoms with Crippen molar-refractivity contribution >= 4 is 10.0 Å². The van der Waals surface area contributed by atoms with Gasteiger partial charge in [0.05, 0.1) is 5.75 Å². The normalized spacial score (nSPS) is 11.6. The molecule has 0 aromatic heterocycles. The van der Waals surface area contributed by atoms with Gasteiger partial charge in [0.25, 0.3) is 0 Å². The van der Waals surface area contributed by atoms with Crippen molar-refractivity contribution < 1.29 is 8.42 Å². The van der Waals surface area contributed by atoms with E-state index in [-0.39, 0.29) is 5.75 Å². The van der Waals surface area contributed by atoms with Crippen LogP contribution in [-0.4, -0.2) is 21.2 Å². The number of nitrogens with one attached hydrogen (secondary N) is 1. The van der Waals surface area contributed by atoms with E-state index < -0.39 is 10.0 Å². The average molecular weight is 213 g/mol. The third-order valence-corrected chi connectivity index (χ3v) is 3.58. The lowest BCUT2D eigenvalue weighted by molar-refractivity contribution is 0.587. The van der Waals surface area contributed by atoms with E-state index >= 15 is 0 Å². The molecule has 0 amide bonds. The van der Waals surface area contributed by atoms with Gasteiger partial charge in [-0.05, 0) is 31.5 Å². The number of sulfonamides is 1. The molecule has 0 saturated carbocycles. The summed E-state index contributed by atoms with van der Waals surface area (Å²) in [6.45, 7) is 1.99. The Hall–Kier alpha value is -0.870. The first-order chi connectivity index (χ1) is 6.55. The summed E-state index contributed by atoms with van der Waals surface area (Å²) < 4.78 is 24.6. The molecule has 78 valence electrons. The summed E-state index contributed by atoms with van der Waals surface area (Å²) in [6.07, 6.45) is 0.565. The Morgan fingerprint density at radius 2 is 1.93 bits per heavy atom. The van der Waals surface area contributed by atoms with Crippen LogP contribution in [0.2, 0.25) is 0 Å². The maximum Gasteiger partial charge on any atom is 0.211 e. The number of aryl methyl sites for hydroxylation is 2. The molecule has 14 heavy (non-hydrogen) atoms. The zero-order valence-electron chi connectivity index (χ0n) is 8.45. The summed E-state index contributed by atoms with van der Waals surface area (Å²) in [5.41, 5.74) is 2.23. The molecule has 0 atom stereocenters. The summed E-state index contributed by atoms with van der Waals surface area (Å²) in [5, 5.41) is 0. The molecular weight excluding hydrogens is 198 g/mol. The van der Waals surface area contributed by atoms with Gasteiger partial charge >= 0.3 is 0 Å². The summed E-state index contributed by atoms with van der Waals surface area (Å²) in [4.78, 5) is 0. The van der Waals surface area contributed by atoms with Crippen LogP contribution in [0.1, 0.15) is 11.1 Å². The second-order valence-corrected chi connectivity index (χ2v) is 5.25. The van der Waals surface area contributed by atoms with Crippen LogP contribution >= 0.6 is 0 Å². The van der Waals surface area contributed by atoms with E-state index in [9.17, 15) is 8.42 Å². The topological polar surface area (TPSA) is 46.2 Å². The fourth-order valence-electron chi connectivity index (χ4n) is 1.24. The quantitative estimate of drug-likeness (QED) is 0.813. The summed E-state index contributed by atoms with van der Waals surface area (Å²) in [5.74, 6) is 0.147. The van der Waals surface area contributed by atoms with Crippen molar-refractivity contribution in [1.82, 2.24) is 4.72 Å². The van der Waals surface area contributed by atoms with Gasteiger partial charge in [-0.3, -0.25) is 0 Å². The van der Waals surface area contributed by atoms with E-state index in [4.69, 9.17) is 0 Å². The molecule has 0 radical (unpaired) electrons. The minimum absolute atomic E-state index is 0.147. The van der Waals surface area contributed by atoms with Crippen molar-refractivity contribution in [3.8, 4) is 0 Å². The van der Waals surface area contributed by atoms with Gasteiger partial charge in [-0.2, -0.15) is 0 Å². The predicted octanol–water partition coefficient (Wildman–Crippen LogP) is 1.09. The molecule has 1 aromatic carbocycles. The Labute approximate surface area is 85.2 Å². The van der Waals surface area contributed by atoms with E-state index in [1.807, 2.05) is 31.2 Å². The molecule has 0 bridgehead atoms. The highest BCUT2D eigenvalue weighted by molar-refractivity contribution is 7.89. The van der Waals surface area contributed by atoms with Crippen molar-refractivity contribution in [3.63, 3.8) is 0 Å². The minimum atomic E-state index is -3.08. The molecule has 0 saturated heterocycles. The molecule has 1 rings (SSSR count). The van der Waals surface area contributed by atoms with Gasteiger partial charge in [-0.25, -0.2) is 13.1 Å². The second kappa shape index (κ2) is 4.57. The average Bonchev–Trinajstić information content (AvgIpc) is 2.17. The molecule has 0 aliphatic carbocycles. The van der Waals surface area contributed by atoms with Crippen LogP contribution < -0.4 is 4.72 Å². The van der Waals surface area contributed by atoms with Crippen molar-refractivity contribution in [1.29, 1.82) is 0 Å². The van der Waals surface area contributed by atoms with Gasteiger partial charge < -0.3 is 0 Å². The molecule has 3 nitrogen and oxygen atoms in total. The molecule has 0 unspecified atom stereocenters. The van der Waals surface area contributed by atoms with Crippen LogP contribution in [0.4, 0.5) is 0 Å². The first-order valence-electron chi connectivity index (χ1n) is 4.51. The number of rotatable bonds is 4. The monoisotopic (exact) mass is 213 g/mol. The van der Waals surface area contributed by atoms with Gasteiger partial charge in [0.1, 0.15) is 0 Å². The van der Waals surface area contributed by atoms with Gasteiger partial charge in [0.2, 0.25) is 10.0 Å². The summed E-state index contributed by atoms with van der Waals surface area (Å²) in [7, 11) is -1.65. The van der Waals surface area contributed by atoms with Crippen LogP contribution in [0.25, 0.3) is 0 Å². The van der Waals surface area contributed by atoms with Crippen LogP contribution in [0.3, 0.4) is 0 Å². The lowest BCUT2D eigenvalue weighted by Gasteiger charge is -2.05. The van der Waals surface area contributed by atoms with E-state index in [0.29, 0.717) is 6.42 Å². The Morgan fingerprint density at radius 1 is 1.29 bits per heavy atom. The highest BCUT2D eigenvalue weighted by Crippen LogP contribution is 2.08. The van der Waals surface area contributed by atoms with Crippen molar-refractivity contribution in [2.24, 2.45) is 0 Å². The molecule has 0 aliphatic heterocycles. The van der Waals surface area contributed by atoms with Crippen molar-refractivity contribution in [3.05, 3.63) is 35.4 Å². The molecular formula is C10H15NO2S. The first-order valence-corrected chi connectivity index (χ1v) is 6.16. The smallest absolute Gasteiger partial charge is 0.211 e. The Balaban J connectivity index is 2.68. The molecule has 1 aromatic rings. The van der Waals surface area contributed by atoms with E-state index in [0.717, 1.165) is 11.1 Å². The fourth-order valence-corrected chi connectivity index (χ4v) is 1.93. The zero-order valence-corrected chi connectivity index (χ0v) is 9.26. The third kappa shape index (κ3) is 3.12. The third-order valence-electron chi connectivity index (χ3n) is 2.21. The van der Waals surface area contributed by atoms with Gasteiger partial charge in [-0.1, -0.05) is 24.3 Å². The summed E-state index contributed by atoms with van der Waals surface area (Å²) in [6, 6.07) is 7.82. The van der Waals surface area contributed by atoms with Crippen LogP contribution in [0.5, 0.6) is 0 Å². The maximum atomic E-state index is 11.2. The lowest BCUT2D eigenvalue weighted by Crippen LogP contribution is -2.23. The predicted molar refractivity (Wildman–Crippen MR) is 57.7 cm³/mol. The van der Waals surface area contributed by atoms with Crippen LogP contribution in [-0.2, 0) is 16.4 Å². The standard InChI is InChI=1S/C10H15NO2S/c1-9-5-3-4-6-10(9)7-8-14(12,13)11-2/h3-6,11H,7-8H2,1-2H3. The molecule has 4 heteroatoms. The summed E-state index contributed by atoms with van der Waals surface area (Å²) >= 11 is 0. The Morgan fingerprint density at radius 3 is 2.50 bits per heavy atom. The van der Waals surface area contributed by atoms with E-state index in [1.165, 1.54) is 7.05 Å². The number of hydrogen-bond donors (Lipinski definition) is 1.